The van der Waals surface area contributed by atoms with Crippen LogP contribution in [0.3, 0.4) is 0 Å². The van der Waals surface area contributed by atoms with E-state index in [2.05, 4.69) is 32.2 Å². The summed E-state index contributed by atoms with van der Waals surface area (Å²) in [5, 5.41) is 0. The number of nitrogens with one attached hydrogen (secondary N) is 1. The van der Waals surface area contributed by atoms with Crippen LogP contribution in [-0.4, -0.2) is 15.4 Å². The molecule has 155 valence electrons. The molecule has 1 radical (unpaired) electrons. The summed E-state index contributed by atoms with van der Waals surface area (Å²) in [5.74, 6) is -0.281. The van der Waals surface area contributed by atoms with E-state index in [0.29, 0.717) is 0 Å². The van der Waals surface area contributed by atoms with Crippen LogP contribution in [0.5, 0.6) is 0 Å². The number of halogens is 2. The molecular weight excluding hydrogens is 560 g/mol. The van der Waals surface area contributed by atoms with Crippen LogP contribution in [-0.2, 0) is 30.6 Å². The average Bonchev–Trinajstić information content (AvgIpc) is 3.00. The largest absolute Gasteiger partial charge is 4.00 e. The maximum Gasteiger partial charge on any atom is 4.00 e. The zero-order valence-electron chi connectivity index (χ0n) is 17.5. The molecular formula is C21H38Cl2HfNOSi. The summed E-state index contributed by atoms with van der Waals surface area (Å²) >= 11 is 0. The van der Waals surface area contributed by atoms with Crippen molar-refractivity contribution < 1.29 is 55.5 Å². The van der Waals surface area contributed by atoms with Crippen molar-refractivity contribution in [3.8, 4) is 0 Å². The number of carbonyl (C=O) groups excluding carboxylic acids is 1. The molecule has 2 rings (SSSR count). The molecule has 2 aliphatic rings. The first-order valence-electron chi connectivity index (χ1n) is 9.84. The molecule has 0 aromatic carbocycles. The van der Waals surface area contributed by atoms with Gasteiger partial charge in [0.15, 0.2) is 0 Å². The van der Waals surface area contributed by atoms with Crippen LogP contribution in [0.15, 0.2) is 17.7 Å². The van der Waals surface area contributed by atoms with E-state index in [1.165, 1.54) is 50.5 Å². The van der Waals surface area contributed by atoms with Crippen LogP contribution in [0, 0.1) is 12.0 Å². The molecule has 0 spiro atoms. The van der Waals surface area contributed by atoms with Crippen molar-refractivity contribution in [2.75, 3.05) is 0 Å². The second kappa shape index (κ2) is 26.6. The first-order chi connectivity index (χ1) is 11.6. The van der Waals surface area contributed by atoms with Crippen LogP contribution in [0.25, 0.3) is 5.73 Å². The molecule has 27 heavy (non-hydrogen) atoms. The Morgan fingerprint density at radius 3 is 1.56 bits per heavy atom. The van der Waals surface area contributed by atoms with Gasteiger partial charge in [-0.15, -0.1) is 13.3 Å². The molecule has 0 heterocycles. The minimum Gasteiger partial charge on any atom is -1.00 e. The van der Waals surface area contributed by atoms with Crippen LogP contribution in [0.4, 0.5) is 0 Å². The fraction of sp³-hybridized carbons (Fsp3) is 0.762. The summed E-state index contributed by atoms with van der Waals surface area (Å²) < 4.78 is 0. The molecule has 1 saturated carbocycles. The van der Waals surface area contributed by atoms with Gasteiger partial charge in [0.1, 0.15) is 0 Å². The molecule has 2 nitrogen and oxygen atoms in total. The summed E-state index contributed by atoms with van der Waals surface area (Å²) in [6.07, 6.45) is 21.7. The fourth-order valence-corrected chi connectivity index (χ4v) is 2.92. The SMILES string of the molecule is CC1=CC[C-]=C1.C[SiH]C.[Cl-].[Cl-].[Hf+4].[NH-]C(=O)C1CCCCCCCCCCC1. The van der Waals surface area contributed by atoms with E-state index in [9.17, 15) is 4.79 Å². The van der Waals surface area contributed by atoms with Gasteiger partial charge in [-0.25, -0.2) is 11.6 Å². The molecule has 1 amide bonds. The van der Waals surface area contributed by atoms with Gasteiger partial charge in [0.05, 0.1) is 5.91 Å². The Hall–Kier alpha value is 0.617. The third-order valence-corrected chi connectivity index (χ3v) is 4.35. The van der Waals surface area contributed by atoms with Gasteiger partial charge in [-0.1, -0.05) is 70.9 Å². The summed E-state index contributed by atoms with van der Waals surface area (Å²) in [5.41, 5.74) is 8.57. The number of amides is 1. The average molecular weight is 598 g/mol. The predicted molar refractivity (Wildman–Crippen MR) is 109 cm³/mol. The smallest absolute Gasteiger partial charge is 1.00 e. The van der Waals surface area contributed by atoms with Crippen molar-refractivity contribution >= 4 is 15.4 Å². The van der Waals surface area contributed by atoms with Crippen molar-refractivity contribution in [3.05, 3.63) is 29.5 Å². The molecule has 1 N–H and O–H groups in total. The van der Waals surface area contributed by atoms with Crippen LogP contribution in [0.1, 0.15) is 84.0 Å². The zero-order chi connectivity index (χ0) is 18.0. The summed E-state index contributed by atoms with van der Waals surface area (Å²) in [7, 11) is 0.750. The third-order valence-electron chi connectivity index (χ3n) is 4.35. The Morgan fingerprint density at radius 2 is 1.33 bits per heavy atom. The third kappa shape index (κ3) is 24.6. The standard InChI is InChI=1S/C13H25NO.C6H7.C2H7Si.2ClH.Hf/c14-13(15)12-10-8-6-4-2-1-3-5-7-9-11-12;1-6-4-2-3-5-6;1-3-2;;;/h12H,1-11H2,(H2,14,15);4-5H,2H2,1H3;3H,1-2H3;2*1H;/q;-1;;;;+4/p-3. The molecule has 0 bridgehead atoms. The van der Waals surface area contributed by atoms with Crippen molar-refractivity contribution in [2.24, 2.45) is 5.92 Å². The second-order valence-electron chi connectivity index (χ2n) is 6.90. The van der Waals surface area contributed by atoms with E-state index >= 15 is 0 Å². The number of allylic oxidation sites excluding steroid dienone is 4. The van der Waals surface area contributed by atoms with Crippen LogP contribution in [0.2, 0.25) is 13.1 Å². The van der Waals surface area contributed by atoms with Gasteiger partial charge in [-0.2, -0.15) is 6.08 Å². The molecule has 0 unspecified atom stereocenters. The molecule has 0 aliphatic heterocycles. The maximum absolute atomic E-state index is 11.1. The summed E-state index contributed by atoms with van der Waals surface area (Å²) in [4.78, 5) is 11.1. The van der Waals surface area contributed by atoms with Crippen molar-refractivity contribution in [2.45, 2.75) is 97.1 Å². The molecule has 0 aromatic heterocycles. The number of hydrogen-bond acceptors (Lipinski definition) is 1. The minimum absolute atomic E-state index is 0. The van der Waals surface area contributed by atoms with E-state index in [1.54, 1.807) is 0 Å². The minimum atomic E-state index is -0.327. The normalized spacial score (nSPS) is 17.4. The summed E-state index contributed by atoms with van der Waals surface area (Å²) in [6, 6.07) is 0. The maximum atomic E-state index is 11.1. The first kappa shape index (κ1) is 35.1. The van der Waals surface area contributed by atoms with Gasteiger partial charge in [0.2, 0.25) is 0 Å². The number of rotatable bonds is 1. The van der Waals surface area contributed by atoms with Gasteiger partial charge >= 0.3 is 25.8 Å². The van der Waals surface area contributed by atoms with E-state index in [1.807, 2.05) is 6.08 Å². The molecule has 0 atom stereocenters. The Labute approximate surface area is 202 Å². The Balaban J connectivity index is -0.000000186. The van der Waals surface area contributed by atoms with Gasteiger partial charge in [-0.3, -0.25) is 6.08 Å². The fourth-order valence-electron chi connectivity index (χ4n) is 2.92. The number of hydrogen-bond donors (Lipinski definition) is 0. The molecule has 0 aromatic rings. The molecule has 2 aliphatic carbocycles. The van der Waals surface area contributed by atoms with Crippen molar-refractivity contribution in [1.82, 2.24) is 0 Å². The summed E-state index contributed by atoms with van der Waals surface area (Å²) in [6.45, 7) is 6.50. The molecule has 1 fully saturated rings. The van der Waals surface area contributed by atoms with Gasteiger partial charge in [-0.05, 0) is 12.8 Å². The Bertz CT molecular complexity index is 364. The van der Waals surface area contributed by atoms with Crippen molar-refractivity contribution in [1.29, 1.82) is 0 Å². The Kier molecular flexibility index (Phi) is 34.6. The zero-order valence-corrected chi connectivity index (χ0v) is 23.7. The molecule has 6 heteroatoms. The van der Waals surface area contributed by atoms with E-state index in [4.69, 9.17) is 5.73 Å². The van der Waals surface area contributed by atoms with Gasteiger partial charge in [0, 0.05) is 15.4 Å². The van der Waals surface area contributed by atoms with Crippen LogP contribution < -0.4 is 24.8 Å². The second-order valence-corrected chi connectivity index (χ2v) is 8.05. The monoisotopic (exact) mass is 598 g/mol. The van der Waals surface area contributed by atoms with E-state index < -0.39 is 0 Å². The topological polar surface area (TPSA) is 40.9 Å². The predicted octanol–water partition coefficient (Wildman–Crippen LogP) is 0.706. The Morgan fingerprint density at radius 1 is 0.963 bits per heavy atom. The molecule has 0 saturated heterocycles. The van der Waals surface area contributed by atoms with Gasteiger partial charge in [0.25, 0.3) is 0 Å². The van der Waals surface area contributed by atoms with Crippen LogP contribution >= 0.6 is 0 Å². The van der Waals surface area contributed by atoms with E-state index in [-0.39, 0.29) is 62.5 Å². The van der Waals surface area contributed by atoms with Crippen molar-refractivity contribution in [3.63, 3.8) is 0 Å². The quantitative estimate of drug-likeness (QED) is 0.324. The van der Waals surface area contributed by atoms with E-state index in [0.717, 1.165) is 41.6 Å². The number of carbonyl (C=O) groups is 1. The first-order valence-corrected chi connectivity index (χ1v) is 12.2. The van der Waals surface area contributed by atoms with Gasteiger partial charge < -0.3 is 35.3 Å².